The Morgan fingerprint density at radius 1 is 0.618 bits per heavy atom. The first kappa shape index (κ1) is 48.5. The molecule has 5 aliphatic rings. The van der Waals surface area contributed by atoms with E-state index in [0.717, 1.165) is 96.8 Å². The van der Waals surface area contributed by atoms with Crippen LogP contribution in [-0.2, 0) is 28.7 Å². The molecular formula is C42H75ClN4O8. The van der Waals surface area contributed by atoms with Gasteiger partial charge in [-0.15, -0.1) is 12.4 Å². The summed E-state index contributed by atoms with van der Waals surface area (Å²) in [6.07, 6.45) is 17.9. The number of nitrogens with two attached hydrogens (primary N) is 1. The molecule has 12 nitrogen and oxygen atoms in total. The maximum absolute atomic E-state index is 12.3. The second-order valence-electron chi connectivity index (χ2n) is 18.6. The van der Waals surface area contributed by atoms with Crippen molar-refractivity contribution in [2.75, 3.05) is 26.2 Å². The van der Waals surface area contributed by atoms with Crippen molar-refractivity contribution in [1.82, 2.24) is 15.1 Å². The summed E-state index contributed by atoms with van der Waals surface area (Å²) in [4.78, 5) is 62.6. The third kappa shape index (κ3) is 19.9. The van der Waals surface area contributed by atoms with Crippen LogP contribution in [0.3, 0.4) is 0 Å². The second-order valence-corrected chi connectivity index (χ2v) is 18.6. The van der Waals surface area contributed by atoms with Gasteiger partial charge >= 0.3 is 18.0 Å². The number of aliphatic carboxylic acids is 1. The second kappa shape index (κ2) is 23.6. The number of carbonyl (C=O) groups is 5. The molecule has 5 fully saturated rings. The van der Waals surface area contributed by atoms with Gasteiger partial charge in [0.25, 0.3) is 0 Å². The van der Waals surface area contributed by atoms with E-state index in [4.69, 9.17) is 20.3 Å². The maximum atomic E-state index is 12.3. The van der Waals surface area contributed by atoms with E-state index in [0.29, 0.717) is 61.3 Å². The smallest absolute Gasteiger partial charge is 0.407 e. The van der Waals surface area contributed by atoms with E-state index in [1.807, 2.05) is 30.6 Å². The number of carbonyl (C=O) groups excluding carboxylic acids is 4. The van der Waals surface area contributed by atoms with Crippen LogP contribution >= 0.6 is 12.4 Å². The lowest BCUT2D eigenvalue weighted by Gasteiger charge is -2.30. The Labute approximate surface area is 337 Å². The summed E-state index contributed by atoms with van der Waals surface area (Å²) < 4.78 is 10.6. The van der Waals surface area contributed by atoms with Crippen molar-refractivity contribution in [2.24, 2.45) is 29.4 Å². The van der Waals surface area contributed by atoms with Crippen LogP contribution in [0.1, 0.15) is 164 Å². The summed E-state index contributed by atoms with van der Waals surface area (Å²) in [7, 11) is 0. The van der Waals surface area contributed by atoms with Gasteiger partial charge in [-0.2, -0.15) is 0 Å². The van der Waals surface area contributed by atoms with Crippen LogP contribution in [0.2, 0.25) is 0 Å². The van der Waals surface area contributed by atoms with Gasteiger partial charge in [-0.25, -0.2) is 4.79 Å². The predicted molar refractivity (Wildman–Crippen MR) is 217 cm³/mol. The van der Waals surface area contributed by atoms with Crippen LogP contribution in [0, 0.1) is 23.7 Å². The van der Waals surface area contributed by atoms with Gasteiger partial charge in [-0.1, -0.05) is 19.3 Å². The zero-order valence-corrected chi connectivity index (χ0v) is 35.7. The molecule has 4 N–H and O–H groups in total. The summed E-state index contributed by atoms with van der Waals surface area (Å²) in [5, 5.41) is 11.7. The van der Waals surface area contributed by atoms with Crippen molar-refractivity contribution in [3.8, 4) is 0 Å². The Morgan fingerprint density at radius 3 is 1.55 bits per heavy atom. The molecular weight excluding hydrogens is 724 g/mol. The Kier molecular flexibility index (Phi) is 20.8. The number of carboxylic acid groups (broad SMARTS) is 1. The number of rotatable bonds is 8. The van der Waals surface area contributed by atoms with Crippen LogP contribution in [0.4, 0.5) is 4.79 Å². The molecule has 3 amide bonds. The van der Waals surface area contributed by atoms with Gasteiger partial charge in [0.15, 0.2) is 0 Å². The van der Waals surface area contributed by atoms with Crippen LogP contribution in [0.25, 0.3) is 0 Å². The fourth-order valence-corrected chi connectivity index (χ4v) is 8.61. The van der Waals surface area contributed by atoms with Gasteiger partial charge in [0.1, 0.15) is 11.2 Å². The van der Waals surface area contributed by atoms with Crippen molar-refractivity contribution < 1.29 is 38.6 Å². The fraction of sp³-hybridized carbons (Fsp3) is 0.881. The summed E-state index contributed by atoms with van der Waals surface area (Å²) in [5.74, 6) is 0.872. The molecule has 0 aromatic carbocycles. The molecule has 2 aliphatic heterocycles. The van der Waals surface area contributed by atoms with E-state index in [1.165, 1.54) is 25.7 Å². The number of ether oxygens (including phenoxy) is 2. The van der Waals surface area contributed by atoms with Gasteiger partial charge in [0.05, 0.1) is 5.92 Å². The Bertz CT molecular complexity index is 1210. The maximum Gasteiger partial charge on any atom is 0.407 e. The standard InChI is InChI=1S/C18H31NO3.C12H22N2O.C12H21NO4.ClH/c1-18(2,3)22-17(21)13-15-8-6-7-14(11-15)12-16(20)19-9-4-5-10-19;13-11-5-3-4-10(8-11)9-12(15)14-6-1-2-7-14;1-12(2,3)17-11(16)13-9-6-4-5-8(7-9)10(14)15;/h14-15H,4-13H2,1-3H3;10-11H,1-9,13H2;8-9H,4-7H2,1-3H3,(H,13,16)(H,14,15);1H/t14-,15+;10-,11+;8-,9+;/m111./s1. The number of nitrogens with one attached hydrogen (secondary N) is 1. The molecule has 2 saturated heterocycles. The number of hydrogen-bond acceptors (Lipinski definition) is 8. The van der Waals surface area contributed by atoms with Crippen LogP contribution in [0.15, 0.2) is 0 Å². The monoisotopic (exact) mass is 799 g/mol. The summed E-state index contributed by atoms with van der Waals surface area (Å²) in [6, 6.07) is 0.259. The van der Waals surface area contributed by atoms with Crippen LogP contribution < -0.4 is 11.1 Å². The van der Waals surface area contributed by atoms with Gasteiger partial charge in [0.2, 0.25) is 11.8 Å². The summed E-state index contributed by atoms with van der Waals surface area (Å²) in [6.45, 7) is 15.0. The van der Waals surface area contributed by atoms with E-state index in [9.17, 15) is 24.0 Å². The number of alkyl carbamates (subject to hydrolysis) is 1. The van der Waals surface area contributed by atoms with Crippen molar-refractivity contribution in [1.29, 1.82) is 0 Å². The highest BCUT2D eigenvalue weighted by atomic mass is 35.5. The average Bonchev–Trinajstić information content (AvgIpc) is 3.80. The molecule has 0 unspecified atom stereocenters. The van der Waals surface area contributed by atoms with E-state index in [2.05, 4.69) is 5.32 Å². The molecule has 2 heterocycles. The minimum absolute atomic E-state index is 0. The number of likely N-dealkylation sites (tertiary alicyclic amines) is 2. The lowest BCUT2D eigenvalue weighted by molar-refractivity contribution is -0.156. The van der Waals surface area contributed by atoms with Crippen molar-refractivity contribution in [3.63, 3.8) is 0 Å². The highest BCUT2D eigenvalue weighted by Crippen LogP contribution is 2.34. The van der Waals surface area contributed by atoms with E-state index in [1.54, 1.807) is 20.8 Å². The first-order chi connectivity index (χ1) is 25.4. The van der Waals surface area contributed by atoms with E-state index < -0.39 is 23.3 Å². The van der Waals surface area contributed by atoms with Crippen molar-refractivity contribution in [2.45, 2.75) is 187 Å². The number of carboxylic acids is 1. The molecule has 0 aromatic rings. The molecule has 5 rings (SSSR count). The fourth-order valence-electron chi connectivity index (χ4n) is 8.61. The molecule has 0 radical (unpaired) electrons. The topological polar surface area (TPSA) is 169 Å². The third-order valence-corrected chi connectivity index (χ3v) is 11.2. The SMILES string of the molecule is CC(C)(C)OC(=O)C[C@H]1CCC[C@@H](CC(=O)N2CCCC2)C1.CC(C)(C)OC(=O)N[C@H]1CCC[C@@H](C(=O)O)C1.Cl.N[C@H]1CCC[C@@H](CC(=O)N2CCCC2)C1. The average molecular weight is 800 g/mol. The number of halogens is 1. The molecule has 0 aromatic heterocycles. The zero-order valence-electron chi connectivity index (χ0n) is 34.9. The molecule has 0 bridgehead atoms. The molecule has 318 valence electrons. The largest absolute Gasteiger partial charge is 0.481 e. The predicted octanol–water partition coefficient (Wildman–Crippen LogP) is 7.63. The van der Waals surface area contributed by atoms with Crippen molar-refractivity contribution in [3.05, 3.63) is 0 Å². The lowest BCUT2D eigenvalue weighted by Crippen LogP contribution is -2.42. The van der Waals surface area contributed by atoms with E-state index >= 15 is 0 Å². The van der Waals surface area contributed by atoms with Crippen LogP contribution in [0.5, 0.6) is 0 Å². The first-order valence-corrected chi connectivity index (χ1v) is 21.1. The minimum atomic E-state index is -0.777. The van der Waals surface area contributed by atoms with Gasteiger partial charge < -0.3 is 35.4 Å². The lowest BCUT2D eigenvalue weighted by atomic mass is 9.78. The Balaban J connectivity index is 0.000000288. The summed E-state index contributed by atoms with van der Waals surface area (Å²) >= 11 is 0. The van der Waals surface area contributed by atoms with Crippen molar-refractivity contribution >= 4 is 42.3 Å². The first-order valence-electron chi connectivity index (χ1n) is 21.1. The zero-order chi connectivity index (χ0) is 39.9. The molecule has 13 heteroatoms. The van der Waals surface area contributed by atoms with E-state index in [-0.39, 0.29) is 30.3 Å². The highest BCUT2D eigenvalue weighted by Gasteiger charge is 2.31. The molecule has 6 atom stereocenters. The summed E-state index contributed by atoms with van der Waals surface area (Å²) in [5.41, 5.74) is 5.00. The number of esters is 1. The number of hydrogen-bond donors (Lipinski definition) is 3. The Morgan fingerprint density at radius 2 is 1.07 bits per heavy atom. The molecule has 3 saturated carbocycles. The van der Waals surface area contributed by atoms with Gasteiger partial charge in [0, 0.05) is 57.5 Å². The highest BCUT2D eigenvalue weighted by molar-refractivity contribution is 5.85. The quantitative estimate of drug-likeness (QED) is 0.209. The molecule has 0 spiro atoms. The van der Waals surface area contributed by atoms with Gasteiger partial charge in [-0.05, 0) is 143 Å². The molecule has 3 aliphatic carbocycles. The minimum Gasteiger partial charge on any atom is -0.481 e. The third-order valence-electron chi connectivity index (χ3n) is 11.2. The van der Waals surface area contributed by atoms with Gasteiger partial charge in [-0.3, -0.25) is 19.2 Å². The Hall–Kier alpha value is -2.60. The number of nitrogens with zero attached hydrogens (tertiary/aromatic N) is 2. The number of amides is 3. The normalized spacial score (nSPS) is 26.9. The molecule has 55 heavy (non-hydrogen) atoms. The van der Waals surface area contributed by atoms with Crippen LogP contribution in [-0.4, -0.2) is 94.2 Å².